The van der Waals surface area contributed by atoms with Crippen LogP contribution in [-0.2, 0) is 22.6 Å². The second-order valence-corrected chi connectivity index (χ2v) is 7.93. The standard InChI is InChI=1S/C19H32N4O2/c1-4-18(2)9-5-6-12-23-15(14-21-22-23)7-10-19(3,17(25)13-20)11-8-16(18)24/h14H,4-13,20H2,1-3H3/t18-,19+/m0/s1. The molecule has 6 nitrogen and oxygen atoms in total. The number of hydrogen-bond acceptors (Lipinski definition) is 5. The number of nitrogens with two attached hydrogens (primary N) is 1. The molecule has 0 aromatic carbocycles. The van der Waals surface area contributed by atoms with Gasteiger partial charge in [0, 0.05) is 23.8 Å². The highest BCUT2D eigenvalue weighted by Gasteiger charge is 2.36. The zero-order valence-electron chi connectivity index (χ0n) is 15.9. The van der Waals surface area contributed by atoms with E-state index in [1.807, 2.05) is 11.6 Å². The Morgan fingerprint density at radius 3 is 2.64 bits per heavy atom. The zero-order chi connectivity index (χ0) is 18.5. The van der Waals surface area contributed by atoms with Crippen molar-refractivity contribution in [2.45, 2.75) is 78.7 Å². The summed E-state index contributed by atoms with van der Waals surface area (Å²) in [5.41, 5.74) is 5.84. The minimum absolute atomic E-state index is 0.0211. The third-order valence-corrected chi connectivity index (χ3v) is 6.20. The molecule has 0 saturated heterocycles. The Morgan fingerprint density at radius 2 is 1.96 bits per heavy atom. The number of rotatable bonds is 3. The van der Waals surface area contributed by atoms with Gasteiger partial charge < -0.3 is 5.73 Å². The Balaban J connectivity index is 2.27. The van der Waals surface area contributed by atoms with Gasteiger partial charge in [0.1, 0.15) is 5.78 Å². The lowest BCUT2D eigenvalue weighted by Gasteiger charge is -2.31. The molecule has 0 saturated carbocycles. The molecule has 2 rings (SSSR count). The lowest BCUT2D eigenvalue weighted by atomic mass is 9.72. The Hall–Kier alpha value is -1.56. The summed E-state index contributed by atoms with van der Waals surface area (Å²) in [6.45, 7) is 6.93. The van der Waals surface area contributed by atoms with Crippen LogP contribution >= 0.6 is 0 Å². The number of nitrogens with zero attached hydrogens (tertiary/aromatic N) is 3. The number of ketones is 2. The summed E-state index contributed by atoms with van der Waals surface area (Å²) in [7, 11) is 0. The van der Waals surface area contributed by atoms with E-state index in [1.54, 1.807) is 6.20 Å². The van der Waals surface area contributed by atoms with Crippen LogP contribution in [0.2, 0.25) is 0 Å². The maximum Gasteiger partial charge on any atom is 0.152 e. The van der Waals surface area contributed by atoms with E-state index in [9.17, 15) is 9.59 Å². The number of aryl methyl sites for hydroxylation is 2. The SMILES string of the molecule is CC[C@@]1(C)CCCCn2nncc2CC[C@@](C)(C(=O)CN)CCC1=O. The highest BCUT2D eigenvalue weighted by molar-refractivity contribution is 5.88. The van der Waals surface area contributed by atoms with Gasteiger partial charge in [0.15, 0.2) is 5.78 Å². The van der Waals surface area contributed by atoms with E-state index >= 15 is 0 Å². The number of aromatic nitrogens is 3. The third-order valence-electron chi connectivity index (χ3n) is 6.20. The summed E-state index contributed by atoms with van der Waals surface area (Å²) in [4.78, 5) is 25.4. The summed E-state index contributed by atoms with van der Waals surface area (Å²) >= 11 is 0. The topological polar surface area (TPSA) is 90.9 Å². The first-order chi connectivity index (χ1) is 11.8. The van der Waals surface area contributed by atoms with Gasteiger partial charge in [-0.05, 0) is 38.5 Å². The monoisotopic (exact) mass is 348 g/mol. The van der Waals surface area contributed by atoms with E-state index in [1.165, 1.54) is 0 Å². The van der Waals surface area contributed by atoms with Crippen LogP contribution in [-0.4, -0.2) is 33.1 Å². The van der Waals surface area contributed by atoms with Crippen molar-refractivity contribution in [2.24, 2.45) is 16.6 Å². The van der Waals surface area contributed by atoms with Crippen molar-refractivity contribution in [3.05, 3.63) is 11.9 Å². The molecule has 140 valence electrons. The summed E-state index contributed by atoms with van der Waals surface area (Å²) in [5.74, 6) is 0.317. The summed E-state index contributed by atoms with van der Waals surface area (Å²) in [5, 5.41) is 8.22. The molecule has 0 amide bonds. The van der Waals surface area contributed by atoms with Gasteiger partial charge in [-0.3, -0.25) is 9.59 Å². The molecule has 2 N–H and O–H groups in total. The number of hydrogen-bond donors (Lipinski definition) is 1. The van der Waals surface area contributed by atoms with Crippen LogP contribution in [0.4, 0.5) is 0 Å². The van der Waals surface area contributed by atoms with Crippen molar-refractivity contribution in [1.82, 2.24) is 15.0 Å². The third kappa shape index (κ3) is 4.54. The first-order valence-electron chi connectivity index (χ1n) is 9.49. The number of carbonyl (C=O) groups is 2. The molecule has 1 aliphatic rings. The molecule has 6 heteroatoms. The molecule has 0 spiro atoms. The predicted molar refractivity (Wildman–Crippen MR) is 97.0 cm³/mol. The Morgan fingerprint density at radius 1 is 1.24 bits per heavy atom. The lowest BCUT2D eigenvalue weighted by Crippen LogP contribution is -2.36. The first kappa shape index (κ1) is 19.8. The van der Waals surface area contributed by atoms with E-state index in [0.717, 1.165) is 44.3 Å². The van der Waals surface area contributed by atoms with Crippen LogP contribution in [0.15, 0.2) is 6.20 Å². The lowest BCUT2D eigenvalue weighted by molar-refractivity contribution is -0.131. The average molecular weight is 348 g/mol. The first-order valence-corrected chi connectivity index (χ1v) is 9.49. The molecule has 0 aliphatic carbocycles. The summed E-state index contributed by atoms with van der Waals surface area (Å²) in [6, 6.07) is 0. The second kappa shape index (κ2) is 8.21. The van der Waals surface area contributed by atoms with Crippen LogP contribution in [0.5, 0.6) is 0 Å². The van der Waals surface area contributed by atoms with Gasteiger partial charge in [0.05, 0.1) is 18.4 Å². The molecular formula is C19H32N4O2. The quantitative estimate of drug-likeness (QED) is 0.907. The van der Waals surface area contributed by atoms with Crippen LogP contribution in [0.1, 0.15) is 71.4 Å². The molecule has 1 aromatic rings. The van der Waals surface area contributed by atoms with E-state index in [0.29, 0.717) is 19.3 Å². The summed E-state index contributed by atoms with van der Waals surface area (Å²) in [6.07, 6.45) is 7.90. The van der Waals surface area contributed by atoms with E-state index in [2.05, 4.69) is 24.2 Å². The Kier molecular flexibility index (Phi) is 6.49. The minimum Gasteiger partial charge on any atom is -0.324 e. The highest BCUT2D eigenvalue weighted by atomic mass is 16.1. The molecule has 2 heterocycles. The van der Waals surface area contributed by atoms with E-state index in [-0.39, 0.29) is 23.5 Å². The predicted octanol–water partition coefficient (Wildman–Crippen LogP) is 2.69. The molecule has 0 unspecified atom stereocenters. The number of carbonyl (C=O) groups excluding carboxylic acids is 2. The Bertz CT molecular complexity index is 612. The van der Waals surface area contributed by atoms with Crippen molar-refractivity contribution in [3.8, 4) is 0 Å². The van der Waals surface area contributed by atoms with E-state index in [4.69, 9.17) is 5.73 Å². The van der Waals surface area contributed by atoms with Crippen LogP contribution in [0.25, 0.3) is 0 Å². The molecule has 25 heavy (non-hydrogen) atoms. The molecular weight excluding hydrogens is 316 g/mol. The van der Waals surface area contributed by atoms with Crippen molar-refractivity contribution in [3.63, 3.8) is 0 Å². The fraction of sp³-hybridized carbons (Fsp3) is 0.789. The normalized spacial score (nSPS) is 29.2. The van der Waals surface area contributed by atoms with Crippen LogP contribution < -0.4 is 5.73 Å². The molecule has 2 atom stereocenters. The van der Waals surface area contributed by atoms with Crippen molar-refractivity contribution < 1.29 is 9.59 Å². The van der Waals surface area contributed by atoms with Gasteiger partial charge in [0.25, 0.3) is 0 Å². The largest absolute Gasteiger partial charge is 0.324 e. The maximum absolute atomic E-state index is 12.9. The molecule has 0 fully saturated rings. The summed E-state index contributed by atoms with van der Waals surface area (Å²) < 4.78 is 1.94. The van der Waals surface area contributed by atoms with Gasteiger partial charge in [-0.15, -0.1) is 5.10 Å². The average Bonchev–Trinajstić information content (AvgIpc) is 3.07. The van der Waals surface area contributed by atoms with Gasteiger partial charge in [-0.25, -0.2) is 4.68 Å². The smallest absolute Gasteiger partial charge is 0.152 e. The van der Waals surface area contributed by atoms with Crippen molar-refractivity contribution >= 4 is 11.6 Å². The second-order valence-electron chi connectivity index (χ2n) is 7.93. The molecule has 0 bridgehead atoms. The fourth-order valence-corrected chi connectivity index (χ4v) is 3.70. The minimum atomic E-state index is -0.567. The Labute approximate surface area is 150 Å². The highest BCUT2D eigenvalue weighted by Crippen LogP contribution is 2.36. The van der Waals surface area contributed by atoms with Gasteiger partial charge in [0.2, 0.25) is 0 Å². The molecule has 0 radical (unpaired) electrons. The van der Waals surface area contributed by atoms with E-state index < -0.39 is 5.41 Å². The van der Waals surface area contributed by atoms with Gasteiger partial charge in [-0.2, -0.15) is 0 Å². The zero-order valence-corrected chi connectivity index (χ0v) is 15.9. The van der Waals surface area contributed by atoms with Crippen LogP contribution in [0.3, 0.4) is 0 Å². The molecule has 1 aliphatic heterocycles. The van der Waals surface area contributed by atoms with Gasteiger partial charge >= 0.3 is 0 Å². The van der Waals surface area contributed by atoms with Crippen LogP contribution in [0, 0.1) is 10.8 Å². The van der Waals surface area contributed by atoms with Crippen molar-refractivity contribution in [2.75, 3.05) is 6.54 Å². The fourth-order valence-electron chi connectivity index (χ4n) is 3.70. The number of Topliss-reactive ketones (excluding diaryl/α,β-unsaturated/α-hetero) is 2. The maximum atomic E-state index is 12.9. The van der Waals surface area contributed by atoms with Crippen molar-refractivity contribution in [1.29, 1.82) is 0 Å². The number of fused-ring (bicyclic) bond motifs is 1. The molecule has 1 aromatic heterocycles. The van der Waals surface area contributed by atoms with Gasteiger partial charge in [-0.1, -0.05) is 32.4 Å².